The molecule has 0 atom stereocenters. The maximum Gasteiger partial charge on any atom is 0.266 e. The third-order valence-electron chi connectivity index (χ3n) is 4.36. The first kappa shape index (κ1) is 12.8. The summed E-state index contributed by atoms with van der Waals surface area (Å²) in [4.78, 5) is 6.64. The lowest BCUT2D eigenvalue weighted by Gasteiger charge is -2.25. The van der Waals surface area contributed by atoms with Crippen molar-refractivity contribution in [2.45, 2.75) is 18.3 Å². The molecule has 2 fully saturated rings. The summed E-state index contributed by atoms with van der Waals surface area (Å²) in [5.74, 6) is 0.965. The topological polar surface area (TPSA) is 54.2 Å². The van der Waals surface area contributed by atoms with Crippen molar-refractivity contribution in [1.82, 2.24) is 15.5 Å². The zero-order valence-corrected chi connectivity index (χ0v) is 11.7. The van der Waals surface area contributed by atoms with Crippen LogP contribution < -0.4 is 10.2 Å². The molecule has 1 aromatic heterocycles. The van der Waals surface area contributed by atoms with Gasteiger partial charge in [0.15, 0.2) is 0 Å². The van der Waals surface area contributed by atoms with Gasteiger partial charge in [0.05, 0.1) is 5.41 Å². The van der Waals surface area contributed by atoms with Gasteiger partial charge in [-0.3, -0.25) is 0 Å². The van der Waals surface area contributed by atoms with Gasteiger partial charge in [-0.15, -0.1) is 0 Å². The summed E-state index contributed by atoms with van der Waals surface area (Å²) in [6.07, 6.45) is 1.72. The molecule has 1 aliphatic heterocycles. The first-order valence-corrected chi connectivity index (χ1v) is 7.34. The first-order valence-electron chi connectivity index (χ1n) is 7.34. The molecule has 6 heteroatoms. The van der Waals surface area contributed by atoms with Crippen LogP contribution in [-0.2, 0) is 5.41 Å². The van der Waals surface area contributed by atoms with E-state index in [4.69, 9.17) is 4.52 Å². The highest BCUT2D eigenvalue weighted by atomic mass is 19.1. The third-order valence-corrected chi connectivity index (χ3v) is 4.36. The van der Waals surface area contributed by atoms with E-state index in [0.29, 0.717) is 17.4 Å². The Kier molecular flexibility index (Phi) is 2.92. The molecule has 0 radical (unpaired) electrons. The van der Waals surface area contributed by atoms with Gasteiger partial charge in [-0.2, -0.15) is 4.98 Å². The number of rotatable bonds is 3. The van der Waals surface area contributed by atoms with E-state index in [9.17, 15) is 4.39 Å². The Labute approximate surface area is 122 Å². The Bertz CT molecular complexity index is 647. The fourth-order valence-electron chi connectivity index (χ4n) is 2.98. The van der Waals surface area contributed by atoms with Crippen LogP contribution >= 0.6 is 0 Å². The number of benzene rings is 1. The van der Waals surface area contributed by atoms with E-state index in [-0.39, 0.29) is 5.82 Å². The van der Waals surface area contributed by atoms with E-state index >= 15 is 0 Å². The molecule has 1 saturated carbocycles. The van der Waals surface area contributed by atoms with Crippen LogP contribution in [0.15, 0.2) is 28.8 Å². The lowest BCUT2D eigenvalue weighted by Crippen LogP contribution is -2.44. The number of hydrogen-bond donors (Lipinski definition) is 1. The smallest absolute Gasteiger partial charge is 0.266 e. The average Bonchev–Trinajstić information content (AvgIpc) is 3.18. The molecular formula is C15H17FN4O. The highest BCUT2D eigenvalue weighted by Crippen LogP contribution is 2.53. The van der Waals surface area contributed by atoms with Crippen molar-refractivity contribution < 1.29 is 8.91 Å². The number of halogens is 1. The summed E-state index contributed by atoms with van der Waals surface area (Å²) < 4.78 is 19.5. The van der Waals surface area contributed by atoms with Crippen molar-refractivity contribution in [3.05, 3.63) is 41.5 Å². The van der Waals surface area contributed by atoms with E-state index in [1.807, 2.05) is 12.1 Å². The van der Waals surface area contributed by atoms with Crippen LogP contribution in [0.1, 0.15) is 24.3 Å². The highest BCUT2D eigenvalue weighted by Gasteiger charge is 2.52. The minimum Gasteiger partial charge on any atom is -0.336 e. The number of nitrogens with zero attached hydrogens (tertiary/aromatic N) is 3. The molecule has 0 amide bonds. The van der Waals surface area contributed by atoms with Gasteiger partial charge in [-0.25, -0.2) is 4.39 Å². The number of nitrogens with one attached hydrogen (secondary N) is 1. The van der Waals surface area contributed by atoms with E-state index in [1.165, 1.54) is 6.07 Å². The zero-order chi connectivity index (χ0) is 14.3. The number of piperazine rings is 1. The molecule has 0 unspecified atom stereocenters. The standard InChI is InChI=1S/C15H17FN4O/c16-12-4-2-1-3-11(12)15(5-6-15)13-18-14(19-21-13)20-9-7-17-8-10-20/h1-4,17H,5-10H2. The maximum absolute atomic E-state index is 14.1. The van der Waals surface area contributed by atoms with Crippen LogP contribution in [0.5, 0.6) is 0 Å². The molecule has 2 heterocycles. The molecule has 0 spiro atoms. The Morgan fingerprint density at radius 3 is 2.67 bits per heavy atom. The van der Waals surface area contributed by atoms with Crippen molar-refractivity contribution in [2.75, 3.05) is 31.1 Å². The van der Waals surface area contributed by atoms with Gasteiger partial charge in [0, 0.05) is 31.7 Å². The molecule has 5 nitrogen and oxygen atoms in total. The second kappa shape index (κ2) is 4.80. The molecule has 21 heavy (non-hydrogen) atoms. The number of anilines is 1. The van der Waals surface area contributed by atoms with Gasteiger partial charge in [0.25, 0.3) is 5.95 Å². The third kappa shape index (κ3) is 2.10. The summed E-state index contributed by atoms with van der Waals surface area (Å²) in [5.41, 5.74) is 0.255. The predicted octanol–water partition coefficient (Wildman–Crippen LogP) is 1.70. The molecule has 4 rings (SSSR count). The zero-order valence-electron chi connectivity index (χ0n) is 11.7. The van der Waals surface area contributed by atoms with E-state index < -0.39 is 5.41 Å². The number of hydrogen-bond acceptors (Lipinski definition) is 5. The van der Waals surface area contributed by atoms with Crippen LogP contribution in [0.25, 0.3) is 0 Å². The lowest BCUT2D eigenvalue weighted by atomic mass is 9.95. The van der Waals surface area contributed by atoms with Crippen molar-refractivity contribution in [3.63, 3.8) is 0 Å². The van der Waals surface area contributed by atoms with Gasteiger partial charge < -0.3 is 14.7 Å². The van der Waals surface area contributed by atoms with Crippen molar-refractivity contribution in [2.24, 2.45) is 0 Å². The Morgan fingerprint density at radius 1 is 1.19 bits per heavy atom. The molecule has 1 saturated heterocycles. The van der Waals surface area contributed by atoms with Crippen molar-refractivity contribution in [3.8, 4) is 0 Å². The van der Waals surface area contributed by atoms with Gasteiger partial charge in [-0.05, 0) is 24.1 Å². The molecule has 1 aliphatic carbocycles. The SMILES string of the molecule is Fc1ccccc1C1(c2nc(N3CCNCC3)no2)CC1. The van der Waals surface area contributed by atoms with Crippen molar-refractivity contribution >= 4 is 5.95 Å². The Hall–Kier alpha value is -1.95. The monoisotopic (exact) mass is 288 g/mol. The largest absolute Gasteiger partial charge is 0.336 e. The quantitative estimate of drug-likeness (QED) is 0.931. The van der Waals surface area contributed by atoms with Crippen LogP contribution in [-0.4, -0.2) is 36.3 Å². The summed E-state index contributed by atoms with van der Waals surface area (Å²) in [6.45, 7) is 3.57. The molecular weight excluding hydrogens is 271 g/mol. The summed E-state index contributed by atoms with van der Waals surface area (Å²) in [7, 11) is 0. The molecule has 1 N–H and O–H groups in total. The predicted molar refractivity (Wildman–Crippen MR) is 75.8 cm³/mol. The number of aromatic nitrogens is 2. The van der Waals surface area contributed by atoms with E-state index in [0.717, 1.165) is 39.0 Å². The summed E-state index contributed by atoms with van der Waals surface area (Å²) in [6, 6.07) is 6.86. The van der Waals surface area contributed by atoms with Crippen LogP contribution in [0.2, 0.25) is 0 Å². The molecule has 110 valence electrons. The Balaban J connectivity index is 1.65. The fourth-order valence-corrected chi connectivity index (χ4v) is 2.98. The van der Waals surface area contributed by atoms with Crippen LogP contribution in [0.4, 0.5) is 10.3 Å². The molecule has 1 aromatic carbocycles. The lowest BCUT2D eigenvalue weighted by molar-refractivity contribution is 0.355. The molecule has 0 bridgehead atoms. The highest BCUT2D eigenvalue weighted by molar-refractivity contribution is 5.41. The van der Waals surface area contributed by atoms with Gasteiger partial charge in [0.1, 0.15) is 5.82 Å². The van der Waals surface area contributed by atoms with Crippen LogP contribution in [0.3, 0.4) is 0 Å². The second-order valence-electron chi connectivity index (χ2n) is 5.70. The minimum absolute atomic E-state index is 0.197. The van der Waals surface area contributed by atoms with Gasteiger partial charge >= 0.3 is 0 Å². The normalized spacial score (nSPS) is 20.5. The summed E-state index contributed by atoms with van der Waals surface area (Å²) >= 11 is 0. The summed E-state index contributed by atoms with van der Waals surface area (Å²) in [5, 5.41) is 7.38. The maximum atomic E-state index is 14.1. The van der Waals surface area contributed by atoms with Gasteiger partial charge in [0.2, 0.25) is 5.89 Å². The van der Waals surface area contributed by atoms with Gasteiger partial charge in [-0.1, -0.05) is 18.2 Å². The van der Waals surface area contributed by atoms with E-state index in [2.05, 4.69) is 20.4 Å². The van der Waals surface area contributed by atoms with Crippen molar-refractivity contribution in [1.29, 1.82) is 0 Å². The van der Waals surface area contributed by atoms with E-state index in [1.54, 1.807) is 6.07 Å². The molecule has 2 aliphatic rings. The second-order valence-corrected chi connectivity index (χ2v) is 5.70. The average molecular weight is 288 g/mol. The fraction of sp³-hybridized carbons (Fsp3) is 0.467. The Morgan fingerprint density at radius 2 is 1.95 bits per heavy atom. The minimum atomic E-state index is -0.412. The van der Waals surface area contributed by atoms with Crippen LogP contribution in [0, 0.1) is 5.82 Å². The molecule has 2 aromatic rings. The first-order chi connectivity index (χ1) is 10.3.